The van der Waals surface area contributed by atoms with Crippen LogP contribution in [0.15, 0.2) is 12.4 Å². The fourth-order valence-electron chi connectivity index (χ4n) is 1.60. The third kappa shape index (κ3) is 2.29. The Morgan fingerprint density at radius 1 is 1.73 bits per heavy atom. The maximum Gasteiger partial charge on any atom is 0.407 e. The van der Waals surface area contributed by atoms with E-state index < -0.39 is 0 Å². The molecule has 1 aliphatic heterocycles. The first-order chi connectivity index (χ1) is 7.15. The second-order valence-corrected chi connectivity index (χ2v) is 4.18. The minimum Gasteiger partial charge on any atom is -0.447 e. The SMILES string of the molecule is CC(C)Cn1cc(C2COC(=O)N2)cn1. The zero-order chi connectivity index (χ0) is 10.8. The highest BCUT2D eigenvalue weighted by atomic mass is 16.6. The van der Waals surface area contributed by atoms with Gasteiger partial charge in [-0.3, -0.25) is 4.68 Å². The van der Waals surface area contributed by atoms with Crippen molar-refractivity contribution in [2.45, 2.75) is 26.4 Å². The average Bonchev–Trinajstić information content (AvgIpc) is 2.72. The number of alkyl carbamates (subject to hydrolysis) is 1. The van der Waals surface area contributed by atoms with Gasteiger partial charge in [0.15, 0.2) is 0 Å². The third-order valence-corrected chi connectivity index (χ3v) is 2.28. The molecule has 0 spiro atoms. The predicted octanol–water partition coefficient (Wildman–Crippen LogP) is 1.32. The smallest absolute Gasteiger partial charge is 0.407 e. The first kappa shape index (κ1) is 10.0. The molecule has 5 heteroatoms. The van der Waals surface area contributed by atoms with E-state index in [1.807, 2.05) is 10.9 Å². The van der Waals surface area contributed by atoms with Crippen molar-refractivity contribution in [3.63, 3.8) is 0 Å². The number of hydrogen-bond acceptors (Lipinski definition) is 3. The van der Waals surface area contributed by atoms with Crippen molar-refractivity contribution in [1.82, 2.24) is 15.1 Å². The molecule has 82 valence electrons. The van der Waals surface area contributed by atoms with Gasteiger partial charge in [-0.1, -0.05) is 13.8 Å². The molecule has 15 heavy (non-hydrogen) atoms. The van der Waals surface area contributed by atoms with Crippen LogP contribution in [0.25, 0.3) is 0 Å². The zero-order valence-electron chi connectivity index (χ0n) is 8.93. The molecule has 1 N–H and O–H groups in total. The monoisotopic (exact) mass is 209 g/mol. The Bertz CT molecular complexity index is 359. The highest BCUT2D eigenvalue weighted by Crippen LogP contribution is 2.17. The molecule has 0 aliphatic carbocycles. The van der Waals surface area contributed by atoms with E-state index in [0.29, 0.717) is 12.5 Å². The molecule has 1 atom stereocenters. The largest absolute Gasteiger partial charge is 0.447 e. The molecular weight excluding hydrogens is 194 g/mol. The summed E-state index contributed by atoms with van der Waals surface area (Å²) < 4.78 is 6.72. The van der Waals surface area contributed by atoms with E-state index in [1.54, 1.807) is 6.20 Å². The summed E-state index contributed by atoms with van der Waals surface area (Å²) in [5, 5.41) is 6.96. The molecule has 1 amide bonds. The van der Waals surface area contributed by atoms with Gasteiger partial charge >= 0.3 is 6.09 Å². The fraction of sp³-hybridized carbons (Fsp3) is 0.600. The van der Waals surface area contributed by atoms with Crippen molar-refractivity contribution in [2.75, 3.05) is 6.61 Å². The van der Waals surface area contributed by atoms with Crippen molar-refractivity contribution in [1.29, 1.82) is 0 Å². The van der Waals surface area contributed by atoms with Crippen molar-refractivity contribution in [3.05, 3.63) is 18.0 Å². The van der Waals surface area contributed by atoms with Gasteiger partial charge in [-0.05, 0) is 5.92 Å². The summed E-state index contributed by atoms with van der Waals surface area (Å²) in [6.45, 7) is 5.57. The summed E-state index contributed by atoms with van der Waals surface area (Å²) >= 11 is 0. The molecular formula is C10H15N3O2. The zero-order valence-corrected chi connectivity index (χ0v) is 8.93. The number of rotatable bonds is 3. The number of hydrogen-bond donors (Lipinski definition) is 1. The van der Waals surface area contributed by atoms with Gasteiger partial charge in [-0.2, -0.15) is 5.10 Å². The van der Waals surface area contributed by atoms with Crippen LogP contribution in [0.3, 0.4) is 0 Å². The molecule has 0 radical (unpaired) electrons. The Morgan fingerprint density at radius 2 is 2.53 bits per heavy atom. The number of carbonyl (C=O) groups is 1. The lowest BCUT2D eigenvalue weighted by Gasteiger charge is -2.04. The van der Waals surface area contributed by atoms with Crippen LogP contribution in [0, 0.1) is 5.92 Å². The number of amides is 1. The summed E-state index contributed by atoms with van der Waals surface area (Å²) in [5.41, 5.74) is 1.00. The van der Waals surface area contributed by atoms with E-state index in [-0.39, 0.29) is 12.1 Å². The molecule has 2 heterocycles. The quantitative estimate of drug-likeness (QED) is 0.816. The first-order valence-corrected chi connectivity index (χ1v) is 5.11. The third-order valence-electron chi connectivity index (χ3n) is 2.28. The Morgan fingerprint density at radius 3 is 3.13 bits per heavy atom. The van der Waals surface area contributed by atoms with Crippen LogP contribution in [-0.2, 0) is 11.3 Å². The summed E-state index contributed by atoms with van der Waals surface area (Å²) in [6.07, 6.45) is 3.39. The molecule has 2 rings (SSSR count). The molecule has 1 aromatic heterocycles. The van der Waals surface area contributed by atoms with E-state index in [4.69, 9.17) is 4.74 Å². The molecule has 0 aromatic carbocycles. The van der Waals surface area contributed by atoms with E-state index in [1.165, 1.54) is 0 Å². The summed E-state index contributed by atoms with van der Waals surface area (Å²) in [6, 6.07) is -0.0431. The molecule has 1 aromatic rings. The number of carbonyl (C=O) groups excluding carboxylic acids is 1. The van der Waals surface area contributed by atoms with Crippen molar-refractivity contribution >= 4 is 6.09 Å². The van der Waals surface area contributed by atoms with Gasteiger partial charge in [0, 0.05) is 18.3 Å². The molecule has 1 saturated heterocycles. The van der Waals surface area contributed by atoms with Crippen molar-refractivity contribution in [2.24, 2.45) is 5.92 Å². The lowest BCUT2D eigenvalue weighted by Crippen LogP contribution is -2.17. The lowest BCUT2D eigenvalue weighted by atomic mass is 10.2. The van der Waals surface area contributed by atoms with Gasteiger partial charge < -0.3 is 10.1 Å². The number of ether oxygens (including phenoxy) is 1. The Labute approximate surface area is 88.4 Å². The van der Waals surface area contributed by atoms with Crippen LogP contribution in [0.5, 0.6) is 0 Å². The topological polar surface area (TPSA) is 56.1 Å². The normalized spacial score (nSPS) is 20.5. The Kier molecular flexibility index (Phi) is 2.62. The summed E-state index contributed by atoms with van der Waals surface area (Å²) in [5.74, 6) is 0.562. The second-order valence-electron chi connectivity index (χ2n) is 4.18. The van der Waals surface area contributed by atoms with Crippen LogP contribution in [0.1, 0.15) is 25.5 Å². The lowest BCUT2D eigenvalue weighted by molar-refractivity contribution is 0.177. The van der Waals surface area contributed by atoms with Crippen LogP contribution in [-0.4, -0.2) is 22.5 Å². The number of aromatic nitrogens is 2. The minimum atomic E-state index is -0.350. The molecule has 0 bridgehead atoms. The van der Waals surface area contributed by atoms with Gasteiger partial charge in [0.1, 0.15) is 6.61 Å². The Balaban J connectivity index is 2.03. The number of nitrogens with one attached hydrogen (secondary N) is 1. The summed E-state index contributed by atoms with van der Waals surface area (Å²) in [7, 11) is 0. The predicted molar refractivity (Wildman–Crippen MR) is 54.3 cm³/mol. The van der Waals surface area contributed by atoms with Crippen LogP contribution < -0.4 is 5.32 Å². The van der Waals surface area contributed by atoms with Crippen LogP contribution >= 0.6 is 0 Å². The van der Waals surface area contributed by atoms with Crippen molar-refractivity contribution < 1.29 is 9.53 Å². The maximum absolute atomic E-state index is 10.9. The minimum absolute atomic E-state index is 0.0431. The standard InChI is InChI=1S/C10H15N3O2/c1-7(2)4-13-5-8(3-11-13)9-6-15-10(14)12-9/h3,5,7,9H,4,6H2,1-2H3,(H,12,14). The fourth-order valence-corrected chi connectivity index (χ4v) is 1.60. The highest BCUT2D eigenvalue weighted by Gasteiger charge is 2.24. The van der Waals surface area contributed by atoms with Gasteiger partial charge in [0.25, 0.3) is 0 Å². The summed E-state index contributed by atoms with van der Waals surface area (Å²) in [4.78, 5) is 10.9. The van der Waals surface area contributed by atoms with E-state index in [9.17, 15) is 4.79 Å². The van der Waals surface area contributed by atoms with Crippen LogP contribution in [0.2, 0.25) is 0 Å². The van der Waals surface area contributed by atoms with Crippen molar-refractivity contribution in [3.8, 4) is 0 Å². The first-order valence-electron chi connectivity index (χ1n) is 5.11. The van der Waals surface area contributed by atoms with Gasteiger partial charge in [-0.15, -0.1) is 0 Å². The van der Waals surface area contributed by atoms with E-state index >= 15 is 0 Å². The van der Waals surface area contributed by atoms with Gasteiger partial charge in [-0.25, -0.2) is 4.79 Å². The average molecular weight is 209 g/mol. The van der Waals surface area contributed by atoms with E-state index in [0.717, 1.165) is 12.1 Å². The number of nitrogens with zero attached hydrogens (tertiary/aromatic N) is 2. The highest BCUT2D eigenvalue weighted by molar-refractivity contribution is 5.69. The molecule has 5 nitrogen and oxygen atoms in total. The van der Waals surface area contributed by atoms with Gasteiger partial charge in [0.05, 0.1) is 12.2 Å². The maximum atomic E-state index is 10.9. The van der Waals surface area contributed by atoms with Crippen LogP contribution in [0.4, 0.5) is 4.79 Å². The molecule has 1 fully saturated rings. The van der Waals surface area contributed by atoms with E-state index in [2.05, 4.69) is 24.3 Å². The second kappa shape index (κ2) is 3.92. The molecule has 0 saturated carbocycles. The Hall–Kier alpha value is -1.52. The molecule has 1 aliphatic rings. The molecule has 1 unspecified atom stereocenters. The van der Waals surface area contributed by atoms with Gasteiger partial charge in [0.2, 0.25) is 0 Å². The number of cyclic esters (lactones) is 1.